The van der Waals surface area contributed by atoms with Gasteiger partial charge in [0.25, 0.3) is 0 Å². The fourth-order valence-corrected chi connectivity index (χ4v) is 2.57. The zero-order valence-corrected chi connectivity index (χ0v) is 10.2. The molecule has 1 amide bonds. The summed E-state index contributed by atoms with van der Waals surface area (Å²) in [5, 5.41) is 9.94. The Kier molecular flexibility index (Phi) is 2.42. The van der Waals surface area contributed by atoms with Crippen molar-refractivity contribution < 1.29 is 9.90 Å². The van der Waals surface area contributed by atoms with Crippen molar-refractivity contribution in [3.05, 3.63) is 34.9 Å². The Balaban J connectivity index is 1.81. The van der Waals surface area contributed by atoms with Crippen molar-refractivity contribution in [1.82, 2.24) is 4.90 Å². The summed E-state index contributed by atoms with van der Waals surface area (Å²) >= 11 is 5.85. The molecule has 0 atom stereocenters. The Morgan fingerprint density at radius 3 is 2.35 bits per heavy atom. The first-order chi connectivity index (χ1) is 8.12. The summed E-state index contributed by atoms with van der Waals surface area (Å²) in [6.07, 6.45) is 1.47. The second-order valence-electron chi connectivity index (χ2n) is 4.95. The summed E-state index contributed by atoms with van der Waals surface area (Å²) in [7, 11) is 0. The molecule has 2 fully saturated rings. The Morgan fingerprint density at radius 2 is 1.88 bits per heavy atom. The van der Waals surface area contributed by atoms with Gasteiger partial charge in [-0.25, -0.2) is 0 Å². The number of benzene rings is 1. The van der Waals surface area contributed by atoms with Gasteiger partial charge in [0.1, 0.15) is 0 Å². The normalized spacial score (nSPS) is 22.1. The molecule has 1 saturated heterocycles. The molecule has 1 aromatic rings. The van der Waals surface area contributed by atoms with E-state index in [2.05, 4.69) is 0 Å². The van der Waals surface area contributed by atoms with E-state index in [9.17, 15) is 9.90 Å². The van der Waals surface area contributed by atoms with Crippen LogP contribution in [0.4, 0.5) is 0 Å². The minimum absolute atomic E-state index is 0.158. The fourth-order valence-electron chi connectivity index (χ4n) is 2.44. The lowest BCUT2D eigenvalue weighted by Crippen LogP contribution is -2.56. The molecule has 90 valence electrons. The topological polar surface area (TPSA) is 40.5 Å². The average molecular weight is 252 g/mol. The van der Waals surface area contributed by atoms with Gasteiger partial charge in [-0.3, -0.25) is 4.79 Å². The van der Waals surface area contributed by atoms with Crippen molar-refractivity contribution in [1.29, 1.82) is 0 Å². The molecule has 4 heteroatoms. The number of aliphatic hydroxyl groups excluding tert-OH is 1. The fraction of sp³-hybridized carbons (Fsp3) is 0.462. The van der Waals surface area contributed by atoms with Crippen LogP contribution in [0, 0.1) is 0 Å². The molecule has 0 spiro atoms. The second-order valence-corrected chi connectivity index (χ2v) is 5.39. The van der Waals surface area contributed by atoms with Crippen LogP contribution in [0.1, 0.15) is 18.4 Å². The van der Waals surface area contributed by atoms with Crippen molar-refractivity contribution >= 4 is 17.5 Å². The third-order valence-corrected chi connectivity index (χ3v) is 3.96. The SMILES string of the molecule is O=C(N1CC(O)C1)C1(c2ccc(Cl)cc2)CC1. The summed E-state index contributed by atoms with van der Waals surface area (Å²) in [4.78, 5) is 14.1. The molecule has 1 N–H and O–H groups in total. The summed E-state index contributed by atoms with van der Waals surface area (Å²) in [6, 6.07) is 7.53. The molecule has 0 unspecified atom stereocenters. The Hall–Kier alpha value is -1.06. The number of nitrogens with zero attached hydrogens (tertiary/aromatic N) is 1. The third kappa shape index (κ3) is 1.74. The van der Waals surface area contributed by atoms with Crippen LogP contribution in [0.25, 0.3) is 0 Å². The summed E-state index contributed by atoms with van der Waals surface area (Å²) in [6.45, 7) is 0.961. The van der Waals surface area contributed by atoms with E-state index in [-0.39, 0.29) is 17.4 Å². The van der Waals surface area contributed by atoms with Crippen molar-refractivity contribution in [3.8, 4) is 0 Å². The van der Waals surface area contributed by atoms with Gasteiger partial charge < -0.3 is 10.0 Å². The molecule has 3 nitrogen and oxygen atoms in total. The molecule has 1 saturated carbocycles. The van der Waals surface area contributed by atoms with E-state index in [0.717, 1.165) is 18.4 Å². The van der Waals surface area contributed by atoms with Gasteiger partial charge in [-0.05, 0) is 30.5 Å². The Bertz CT molecular complexity index is 447. The Labute approximate surface area is 105 Å². The molecule has 1 aliphatic heterocycles. The van der Waals surface area contributed by atoms with E-state index in [4.69, 9.17) is 11.6 Å². The lowest BCUT2D eigenvalue weighted by molar-refractivity contribution is -0.144. The predicted molar refractivity (Wildman–Crippen MR) is 65.0 cm³/mol. The minimum atomic E-state index is -0.333. The number of amides is 1. The maximum absolute atomic E-state index is 12.3. The highest BCUT2D eigenvalue weighted by Crippen LogP contribution is 2.50. The Morgan fingerprint density at radius 1 is 1.29 bits per heavy atom. The van der Waals surface area contributed by atoms with Crippen molar-refractivity contribution in [2.45, 2.75) is 24.4 Å². The van der Waals surface area contributed by atoms with Crippen LogP contribution in [0.3, 0.4) is 0 Å². The number of rotatable bonds is 2. The molecule has 0 radical (unpaired) electrons. The molecule has 1 heterocycles. The van der Waals surface area contributed by atoms with Gasteiger partial charge in [0.05, 0.1) is 11.5 Å². The third-order valence-electron chi connectivity index (χ3n) is 3.71. The first kappa shape index (κ1) is 11.1. The monoisotopic (exact) mass is 251 g/mol. The standard InChI is InChI=1S/C13H14ClNO2/c14-10-3-1-9(2-4-10)13(5-6-13)12(17)15-7-11(16)8-15/h1-4,11,16H,5-8H2. The zero-order chi connectivity index (χ0) is 12.0. The molecular formula is C13H14ClNO2. The maximum Gasteiger partial charge on any atom is 0.233 e. The number of β-amino-alcohol motifs (C(OH)–C–C–N with tert-alkyl or cyclic N) is 1. The first-order valence-electron chi connectivity index (χ1n) is 5.85. The van der Waals surface area contributed by atoms with Gasteiger partial charge in [-0.15, -0.1) is 0 Å². The molecule has 17 heavy (non-hydrogen) atoms. The quantitative estimate of drug-likeness (QED) is 0.867. The van der Waals surface area contributed by atoms with E-state index >= 15 is 0 Å². The van der Waals surface area contributed by atoms with Gasteiger partial charge in [0.2, 0.25) is 5.91 Å². The molecular weight excluding hydrogens is 238 g/mol. The van der Waals surface area contributed by atoms with E-state index in [1.807, 2.05) is 24.3 Å². The van der Waals surface area contributed by atoms with Crippen LogP contribution in [0.5, 0.6) is 0 Å². The number of likely N-dealkylation sites (tertiary alicyclic amines) is 1. The predicted octanol–water partition coefficient (Wildman–Crippen LogP) is 1.57. The number of hydrogen-bond donors (Lipinski definition) is 1. The minimum Gasteiger partial charge on any atom is -0.389 e. The van der Waals surface area contributed by atoms with Crippen molar-refractivity contribution in [2.24, 2.45) is 0 Å². The molecule has 2 aliphatic rings. The summed E-state index contributed by atoms with van der Waals surface area (Å²) < 4.78 is 0. The van der Waals surface area contributed by atoms with E-state index in [1.54, 1.807) is 4.90 Å². The van der Waals surface area contributed by atoms with Crippen LogP contribution in [0.2, 0.25) is 5.02 Å². The molecule has 3 rings (SSSR count). The van der Waals surface area contributed by atoms with Crippen molar-refractivity contribution in [3.63, 3.8) is 0 Å². The van der Waals surface area contributed by atoms with Gasteiger partial charge in [-0.1, -0.05) is 23.7 Å². The summed E-state index contributed by atoms with van der Waals surface area (Å²) in [5.41, 5.74) is 0.721. The van der Waals surface area contributed by atoms with Gasteiger partial charge in [0.15, 0.2) is 0 Å². The number of aliphatic hydroxyl groups is 1. The molecule has 1 aromatic carbocycles. The highest BCUT2D eigenvalue weighted by atomic mass is 35.5. The van der Waals surface area contributed by atoms with Crippen molar-refractivity contribution in [2.75, 3.05) is 13.1 Å². The average Bonchev–Trinajstić information content (AvgIpc) is 3.06. The van der Waals surface area contributed by atoms with Gasteiger partial charge in [0, 0.05) is 18.1 Å². The van der Waals surface area contributed by atoms with Crippen LogP contribution in [-0.4, -0.2) is 35.1 Å². The van der Waals surface area contributed by atoms with Gasteiger partial charge >= 0.3 is 0 Å². The first-order valence-corrected chi connectivity index (χ1v) is 6.23. The molecule has 1 aliphatic carbocycles. The number of carbonyl (C=O) groups is 1. The molecule has 0 bridgehead atoms. The largest absolute Gasteiger partial charge is 0.389 e. The molecule has 0 aromatic heterocycles. The van der Waals surface area contributed by atoms with Crippen LogP contribution >= 0.6 is 11.6 Å². The number of carbonyl (C=O) groups excluding carboxylic acids is 1. The van der Waals surface area contributed by atoms with Crippen LogP contribution in [0.15, 0.2) is 24.3 Å². The van der Waals surface area contributed by atoms with E-state index < -0.39 is 0 Å². The maximum atomic E-state index is 12.3. The lowest BCUT2D eigenvalue weighted by atomic mass is 9.93. The smallest absolute Gasteiger partial charge is 0.233 e. The number of halogens is 1. The van der Waals surface area contributed by atoms with E-state index in [1.165, 1.54) is 0 Å². The highest BCUT2D eigenvalue weighted by molar-refractivity contribution is 6.30. The van der Waals surface area contributed by atoms with Crippen LogP contribution in [-0.2, 0) is 10.2 Å². The van der Waals surface area contributed by atoms with E-state index in [0.29, 0.717) is 18.1 Å². The summed E-state index contributed by atoms with van der Waals surface area (Å²) in [5.74, 6) is 0.158. The second kappa shape index (κ2) is 3.72. The highest BCUT2D eigenvalue weighted by Gasteiger charge is 2.54. The zero-order valence-electron chi connectivity index (χ0n) is 9.40. The number of hydrogen-bond acceptors (Lipinski definition) is 2. The van der Waals surface area contributed by atoms with Gasteiger partial charge in [-0.2, -0.15) is 0 Å². The van der Waals surface area contributed by atoms with Crippen LogP contribution < -0.4 is 0 Å². The lowest BCUT2D eigenvalue weighted by Gasteiger charge is -2.38.